The molecule has 0 fully saturated rings. The topological polar surface area (TPSA) is 26.9 Å². The second kappa shape index (κ2) is 4.10. The molecular formula is C5H5CdNOS. The molecule has 0 bridgehead atoms. The monoisotopic (exact) mass is 241 g/mol. The van der Waals surface area contributed by atoms with E-state index in [1.807, 2.05) is 0 Å². The number of nitrogens with zero attached hydrogens (tertiary/aromatic N) is 1. The SMILES string of the molecule is [Cd].[O-][n+]1ccccc1S. The summed E-state index contributed by atoms with van der Waals surface area (Å²) < 4.78 is 0.698. The molecule has 1 aromatic heterocycles. The van der Waals surface area contributed by atoms with Crippen LogP contribution in [-0.2, 0) is 27.3 Å². The van der Waals surface area contributed by atoms with Crippen molar-refractivity contribution < 1.29 is 32.0 Å². The Hall–Kier alpha value is 0.222. The van der Waals surface area contributed by atoms with Gasteiger partial charge in [-0.15, -0.1) is 0 Å². The van der Waals surface area contributed by atoms with Gasteiger partial charge in [-0.1, -0.05) is 12.6 Å². The van der Waals surface area contributed by atoms with E-state index in [1.54, 1.807) is 18.2 Å². The smallest absolute Gasteiger partial charge is 0.248 e. The second-order valence-electron chi connectivity index (χ2n) is 1.38. The molecule has 2 nitrogen and oxygen atoms in total. The molecule has 0 amide bonds. The average Bonchev–Trinajstić information content (AvgIpc) is 1.77. The fraction of sp³-hybridized carbons (Fsp3) is 0. The molecule has 9 heavy (non-hydrogen) atoms. The van der Waals surface area contributed by atoms with Crippen molar-refractivity contribution in [3.63, 3.8) is 0 Å². The van der Waals surface area contributed by atoms with E-state index in [-0.39, 0.29) is 27.3 Å². The van der Waals surface area contributed by atoms with Crippen molar-refractivity contribution in [2.45, 2.75) is 5.03 Å². The van der Waals surface area contributed by atoms with Gasteiger partial charge in [-0.2, -0.15) is 4.73 Å². The summed E-state index contributed by atoms with van der Waals surface area (Å²) in [4.78, 5) is 0. The summed E-state index contributed by atoms with van der Waals surface area (Å²) in [5, 5.41) is 10.9. The third kappa shape index (κ3) is 2.53. The Morgan fingerprint density at radius 1 is 1.44 bits per heavy atom. The van der Waals surface area contributed by atoms with E-state index in [1.165, 1.54) is 6.20 Å². The first kappa shape index (κ1) is 9.22. The van der Waals surface area contributed by atoms with E-state index in [0.29, 0.717) is 9.76 Å². The zero-order chi connectivity index (χ0) is 5.98. The number of hydrogen-bond donors (Lipinski definition) is 1. The van der Waals surface area contributed by atoms with Gasteiger partial charge in [0.2, 0.25) is 5.03 Å². The van der Waals surface area contributed by atoms with Gasteiger partial charge in [0.05, 0.1) is 0 Å². The fourth-order valence-electron chi connectivity index (χ4n) is 0.419. The molecule has 0 atom stereocenters. The summed E-state index contributed by atoms with van der Waals surface area (Å²) in [7, 11) is 0. The third-order valence-corrected chi connectivity index (χ3v) is 1.15. The van der Waals surface area contributed by atoms with Crippen LogP contribution in [0.4, 0.5) is 0 Å². The number of pyridine rings is 1. The summed E-state index contributed by atoms with van der Waals surface area (Å²) in [5.74, 6) is 0. The average molecular weight is 240 g/mol. The third-order valence-electron chi connectivity index (χ3n) is 0.804. The molecule has 44 valence electrons. The first-order chi connectivity index (χ1) is 3.80. The Labute approximate surface area is 79.0 Å². The summed E-state index contributed by atoms with van der Waals surface area (Å²) >= 11 is 3.85. The van der Waals surface area contributed by atoms with Crippen molar-refractivity contribution in [1.82, 2.24) is 0 Å². The summed E-state index contributed by atoms with van der Waals surface area (Å²) in [6.45, 7) is 0. The zero-order valence-corrected chi connectivity index (χ0v) is 9.75. The number of thiol groups is 1. The van der Waals surface area contributed by atoms with Gasteiger partial charge >= 0.3 is 0 Å². The Bertz CT molecular complexity index is 173. The quantitative estimate of drug-likeness (QED) is 0.305. The maximum atomic E-state index is 10.5. The maximum absolute atomic E-state index is 10.5. The Kier molecular flexibility index (Phi) is 4.21. The van der Waals surface area contributed by atoms with E-state index in [2.05, 4.69) is 12.6 Å². The van der Waals surface area contributed by atoms with Crippen LogP contribution in [0.1, 0.15) is 0 Å². The van der Waals surface area contributed by atoms with E-state index in [9.17, 15) is 5.21 Å². The van der Waals surface area contributed by atoms with E-state index in [4.69, 9.17) is 0 Å². The molecule has 0 saturated carbocycles. The molecule has 0 saturated heterocycles. The van der Waals surface area contributed by atoms with Crippen molar-refractivity contribution in [3.05, 3.63) is 29.6 Å². The van der Waals surface area contributed by atoms with Crippen LogP contribution < -0.4 is 4.73 Å². The predicted molar refractivity (Wildman–Crippen MR) is 32.7 cm³/mol. The van der Waals surface area contributed by atoms with Crippen molar-refractivity contribution in [3.8, 4) is 0 Å². The van der Waals surface area contributed by atoms with Gasteiger partial charge in [-0.05, 0) is 6.07 Å². The minimum Gasteiger partial charge on any atom is -0.618 e. The molecule has 4 heteroatoms. The van der Waals surface area contributed by atoms with Crippen LogP contribution in [0.2, 0.25) is 0 Å². The predicted octanol–water partition coefficient (Wildman–Crippen LogP) is 0.606. The molecule has 0 N–H and O–H groups in total. The van der Waals surface area contributed by atoms with Crippen LogP contribution in [0.25, 0.3) is 0 Å². The Morgan fingerprint density at radius 3 is 2.44 bits per heavy atom. The van der Waals surface area contributed by atoms with Crippen LogP contribution in [-0.4, -0.2) is 0 Å². The van der Waals surface area contributed by atoms with Crippen molar-refractivity contribution in [1.29, 1.82) is 0 Å². The summed E-state index contributed by atoms with van der Waals surface area (Å²) in [6, 6.07) is 5.06. The van der Waals surface area contributed by atoms with Crippen molar-refractivity contribution in [2.24, 2.45) is 0 Å². The summed E-state index contributed by atoms with van der Waals surface area (Å²) in [5.41, 5.74) is 0. The van der Waals surface area contributed by atoms with Crippen LogP contribution in [0, 0.1) is 5.21 Å². The first-order valence-electron chi connectivity index (χ1n) is 2.18. The summed E-state index contributed by atoms with van der Waals surface area (Å²) in [6.07, 6.45) is 1.41. The number of hydrogen-bond acceptors (Lipinski definition) is 2. The van der Waals surface area contributed by atoms with Gasteiger partial charge in [-0.3, -0.25) is 0 Å². The molecule has 0 spiro atoms. The molecule has 1 rings (SSSR count). The Balaban J connectivity index is 0.000000640. The van der Waals surface area contributed by atoms with Crippen molar-refractivity contribution in [2.75, 3.05) is 0 Å². The fourth-order valence-corrected chi connectivity index (χ4v) is 0.572. The largest absolute Gasteiger partial charge is 0.618 e. The molecule has 1 aromatic rings. The van der Waals surface area contributed by atoms with Crippen LogP contribution in [0.3, 0.4) is 0 Å². The normalized spacial score (nSPS) is 8.11. The van der Waals surface area contributed by atoms with Gasteiger partial charge in [-0.25, -0.2) is 0 Å². The molecule has 0 aromatic carbocycles. The standard InChI is InChI=1S/C5H5NOS.Cd/c7-6-4-2-1-3-5(6)8;/h1-4,8H;. The van der Waals surface area contributed by atoms with Gasteiger partial charge in [0.15, 0.2) is 6.20 Å². The maximum Gasteiger partial charge on any atom is 0.248 e. The number of rotatable bonds is 0. The minimum absolute atomic E-state index is 0. The second-order valence-corrected chi connectivity index (χ2v) is 1.84. The van der Waals surface area contributed by atoms with Gasteiger partial charge in [0.25, 0.3) is 0 Å². The van der Waals surface area contributed by atoms with Crippen LogP contribution >= 0.6 is 12.6 Å². The van der Waals surface area contributed by atoms with Crippen LogP contribution in [0.5, 0.6) is 0 Å². The molecule has 0 aliphatic carbocycles. The van der Waals surface area contributed by atoms with Crippen molar-refractivity contribution >= 4 is 12.6 Å². The number of aromatic nitrogens is 1. The molecule has 1 heterocycles. The van der Waals surface area contributed by atoms with Gasteiger partial charge in [0.1, 0.15) is 0 Å². The van der Waals surface area contributed by atoms with Gasteiger partial charge < -0.3 is 5.21 Å². The molecule has 0 aliphatic rings. The molecule has 0 unspecified atom stereocenters. The van der Waals surface area contributed by atoms with Crippen LogP contribution in [0.15, 0.2) is 29.4 Å². The van der Waals surface area contributed by atoms with E-state index < -0.39 is 0 Å². The first-order valence-corrected chi connectivity index (χ1v) is 2.62. The van der Waals surface area contributed by atoms with E-state index >= 15 is 0 Å². The molecular weight excluding hydrogens is 235 g/mol. The van der Waals surface area contributed by atoms with Gasteiger partial charge in [0, 0.05) is 39.4 Å². The zero-order valence-electron chi connectivity index (χ0n) is 4.82. The minimum atomic E-state index is 0. The molecule has 0 radical (unpaired) electrons. The molecule has 0 aliphatic heterocycles. The van der Waals surface area contributed by atoms with E-state index in [0.717, 1.165) is 0 Å². The Morgan fingerprint density at radius 2 is 2.11 bits per heavy atom.